The largest absolute Gasteiger partial charge is 0.496 e. The van der Waals surface area contributed by atoms with Gasteiger partial charge in [0, 0.05) is 11.5 Å². The lowest BCUT2D eigenvalue weighted by Crippen LogP contribution is -1.99. The first-order valence-corrected chi connectivity index (χ1v) is 5.75. The Bertz CT molecular complexity index is 488. The predicted molar refractivity (Wildman–Crippen MR) is 65.5 cm³/mol. The number of benzene rings is 1. The average Bonchev–Trinajstić information content (AvgIpc) is 3.11. The maximum absolute atomic E-state index is 8.93. The van der Waals surface area contributed by atoms with Gasteiger partial charge in [-0.3, -0.25) is 0 Å². The van der Waals surface area contributed by atoms with Gasteiger partial charge in [0.05, 0.1) is 26.2 Å². The molecule has 1 aromatic carbocycles. The Labute approximate surface area is 102 Å². The van der Waals surface area contributed by atoms with Crippen molar-refractivity contribution >= 4 is 0 Å². The molecule has 2 unspecified atom stereocenters. The van der Waals surface area contributed by atoms with E-state index >= 15 is 0 Å². The van der Waals surface area contributed by atoms with Crippen LogP contribution < -0.4 is 9.47 Å². The van der Waals surface area contributed by atoms with Gasteiger partial charge in [-0.25, -0.2) is 0 Å². The highest BCUT2D eigenvalue weighted by molar-refractivity contribution is 5.55. The van der Waals surface area contributed by atoms with Gasteiger partial charge in [-0.1, -0.05) is 0 Å². The van der Waals surface area contributed by atoms with Crippen LogP contribution in [-0.4, -0.2) is 14.2 Å². The second-order valence-corrected chi connectivity index (χ2v) is 4.53. The summed E-state index contributed by atoms with van der Waals surface area (Å²) in [6, 6.07) is 4.33. The SMILES string of the molecule is COc1cc(C2CC2C#N)c(OC)c(C)c1C. The van der Waals surface area contributed by atoms with Gasteiger partial charge < -0.3 is 9.47 Å². The van der Waals surface area contributed by atoms with Crippen molar-refractivity contribution in [3.63, 3.8) is 0 Å². The highest BCUT2D eigenvalue weighted by atomic mass is 16.5. The molecule has 1 aliphatic carbocycles. The third kappa shape index (κ3) is 1.84. The third-order valence-corrected chi connectivity index (χ3v) is 3.60. The zero-order valence-electron chi connectivity index (χ0n) is 10.7. The van der Waals surface area contributed by atoms with E-state index in [1.165, 1.54) is 0 Å². The van der Waals surface area contributed by atoms with Crippen LogP contribution in [0.3, 0.4) is 0 Å². The van der Waals surface area contributed by atoms with Gasteiger partial charge in [0.15, 0.2) is 0 Å². The fourth-order valence-electron chi connectivity index (χ4n) is 2.33. The maximum Gasteiger partial charge on any atom is 0.125 e. The minimum Gasteiger partial charge on any atom is -0.496 e. The van der Waals surface area contributed by atoms with Crippen LogP contribution in [0.2, 0.25) is 0 Å². The summed E-state index contributed by atoms with van der Waals surface area (Å²) in [7, 11) is 3.36. The monoisotopic (exact) mass is 231 g/mol. The summed E-state index contributed by atoms with van der Waals surface area (Å²) >= 11 is 0. The van der Waals surface area contributed by atoms with Gasteiger partial charge in [0.25, 0.3) is 0 Å². The molecule has 17 heavy (non-hydrogen) atoms. The number of ether oxygens (including phenoxy) is 2. The Morgan fingerprint density at radius 2 is 1.94 bits per heavy atom. The summed E-state index contributed by atoms with van der Waals surface area (Å²) < 4.78 is 10.9. The summed E-state index contributed by atoms with van der Waals surface area (Å²) in [5, 5.41) is 8.93. The molecule has 0 saturated heterocycles. The molecule has 0 amide bonds. The minimum atomic E-state index is 0.135. The Kier molecular flexibility index (Phi) is 2.97. The molecule has 1 aromatic rings. The highest BCUT2D eigenvalue weighted by Gasteiger charge is 2.41. The summed E-state index contributed by atoms with van der Waals surface area (Å²) in [5.41, 5.74) is 3.31. The van der Waals surface area contributed by atoms with Crippen LogP contribution in [0.1, 0.15) is 29.0 Å². The summed E-state index contributed by atoms with van der Waals surface area (Å²) in [5.74, 6) is 2.23. The molecule has 1 saturated carbocycles. The Morgan fingerprint density at radius 3 is 2.41 bits per heavy atom. The Morgan fingerprint density at radius 1 is 1.24 bits per heavy atom. The number of methoxy groups -OCH3 is 2. The third-order valence-electron chi connectivity index (χ3n) is 3.60. The van der Waals surface area contributed by atoms with Gasteiger partial charge in [0.1, 0.15) is 11.5 Å². The molecule has 90 valence electrons. The predicted octanol–water partition coefficient (Wildman–Crippen LogP) is 2.95. The lowest BCUT2D eigenvalue weighted by atomic mass is 9.99. The number of nitriles is 1. The zero-order valence-corrected chi connectivity index (χ0v) is 10.7. The molecule has 1 aliphatic rings. The van der Waals surface area contributed by atoms with Crippen molar-refractivity contribution in [2.75, 3.05) is 14.2 Å². The molecular formula is C14H17NO2. The molecule has 0 aliphatic heterocycles. The van der Waals surface area contributed by atoms with Gasteiger partial charge >= 0.3 is 0 Å². The summed E-state index contributed by atoms with van der Waals surface area (Å²) in [6.45, 7) is 4.05. The second-order valence-electron chi connectivity index (χ2n) is 4.53. The van der Waals surface area contributed by atoms with Crippen molar-refractivity contribution in [1.82, 2.24) is 0 Å². The van der Waals surface area contributed by atoms with E-state index in [2.05, 4.69) is 6.07 Å². The van der Waals surface area contributed by atoms with Crippen molar-refractivity contribution in [2.45, 2.75) is 26.2 Å². The first kappa shape index (κ1) is 11.8. The van der Waals surface area contributed by atoms with Crippen LogP contribution in [0, 0.1) is 31.1 Å². The normalized spacial score (nSPS) is 21.8. The number of nitrogens with zero attached hydrogens (tertiary/aromatic N) is 1. The maximum atomic E-state index is 8.93. The van der Waals surface area contributed by atoms with Gasteiger partial charge in [0.2, 0.25) is 0 Å². The van der Waals surface area contributed by atoms with E-state index in [1.54, 1.807) is 14.2 Å². The molecule has 0 N–H and O–H groups in total. The van der Waals surface area contributed by atoms with E-state index < -0.39 is 0 Å². The van der Waals surface area contributed by atoms with Gasteiger partial charge in [-0.2, -0.15) is 5.26 Å². The van der Waals surface area contributed by atoms with Crippen LogP contribution in [0.4, 0.5) is 0 Å². The van der Waals surface area contributed by atoms with E-state index in [9.17, 15) is 0 Å². The fraction of sp³-hybridized carbons (Fsp3) is 0.500. The standard InChI is InChI=1S/C14H17NO2/c1-8-9(2)14(17-4)12(6-13(8)16-3)11-5-10(11)7-15/h6,10-11H,5H2,1-4H3. The molecule has 0 spiro atoms. The zero-order chi connectivity index (χ0) is 12.6. The Hall–Kier alpha value is -1.69. The van der Waals surface area contributed by atoms with Crippen LogP contribution in [0.25, 0.3) is 0 Å². The first-order valence-electron chi connectivity index (χ1n) is 5.75. The van der Waals surface area contributed by atoms with Crippen molar-refractivity contribution in [1.29, 1.82) is 5.26 Å². The van der Waals surface area contributed by atoms with Crippen molar-refractivity contribution < 1.29 is 9.47 Å². The summed E-state index contributed by atoms with van der Waals surface area (Å²) in [4.78, 5) is 0. The molecule has 0 radical (unpaired) electrons. The van der Waals surface area contributed by atoms with Crippen LogP contribution in [-0.2, 0) is 0 Å². The van der Waals surface area contributed by atoms with Crippen LogP contribution >= 0.6 is 0 Å². The molecule has 3 heteroatoms. The van der Waals surface area contributed by atoms with E-state index in [4.69, 9.17) is 14.7 Å². The summed E-state index contributed by atoms with van der Waals surface area (Å²) in [6.07, 6.45) is 0.929. The van der Waals surface area contributed by atoms with Crippen molar-refractivity contribution in [3.8, 4) is 17.6 Å². The molecule has 3 nitrogen and oxygen atoms in total. The lowest BCUT2D eigenvalue weighted by Gasteiger charge is -2.16. The van der Waals surface area contributed by atoms with E-state index in [1.807, 2.05) is 19.9 Å². The topological polar surface area (TPSA) is 42.2 Å². The smallest absolute Gasteiger partial charge is 0.125 e. The lowest BCUT2D eigenvalue weighted by molar-refractivity contribution is 0.393. The number of rotatable bonds is 3. The first-order chi connectivity index (χ1) is 8.13. The fourth-order valence-corrected chi connectivity index (χ4v) is 2.33. The van der Waals surface area contributed by atoms with Crippen molar-refractivity contribution in [3.05, 3.63) is 22.8 Å². The molecule has 0 bridgehead atoms. The average molecular weight is 231 g/mol. The minimum absolute atomic E-state index is 0.135. The van der Waals surface area contributed by atoms with E-state index in [0.29, 0.717) is 5.92 Å². The molecular weight excluding hydrogens is 214 g/mol. The van der Waals surface area contributed by atoms with Gasteiger partial charge in [-0.15, -0.1) is 0 Å². The molecule has 0 heterocycles. The van der Waals surface area contributed by atoms with Crippen molar-refractivity contribution in [2.24, 2.45) is 5.92 Å². The molecule has 1 fully saturated rings. The van der Waals surface area contributed by atoms with Gasteiger partial charge in [-0.05, 0) is 37.5 Å². The van der Waals surface area contributed by atoms with E-state index in [-0.39, 0.29) is 5.92 Å². The molecule has 2 rings (SSSR count). The molecule has 0 aromatic heterocycles. The second kappa shape index (κ2) is 4.29. The quantitative estimate of drug-likeness (QED) is 0.803. The highest BCUT2D eigenvalue weighted by Crippen LogP contribution is 2.52. The van der Waals surface area contributed by atoms with Crippen LogP contribution in [0.15, 0.2) is 6.07 Å². The van der Waals surface area contributed by atoms with Crippen LogP contribution in [0.5, 0.6) is 11.5 Å². The number of hydrogen-bond acceptors (Lipinski definition) is 3. The van der Waals surface area contributed by atoms with E-state index in [0.717, 1.165) is 34.6 Å². The Balaban J connectivity index is 2.51. The molecule has 2 atom stereocenters. The number of hydrogen-bond donors (Lipinski definition) is 0.